The molecule has 244 valence electrons. The van der Waals surface area contributed by atoms with E-state index in [1.54, 1.807) is 7.11 Å². The Morgan fingerprint density at radius 2 is 1.67 bits per heavy atom. The van der Waals surface area contributed by atoms with Gasteiger partial charge in [-0.1, -0.05) is 73.6 Å². The van der Waals surface area contributed by atoms with E-state index in [0.29, 0.717) is 41.4 Å². The van der Waals surface area contributed by atoms with Crippen LogP contribution in [0.5, 0.6) is 17.2 Å². The van der Waals surface area contributed by atoms with E-state index in [2.05, 4.69) is 88.1 Å². The number of phenolic OH excluding ortho intramolecular Hbond substituents is 1. The summed E-state index contributed by atoms with van der Waals surface area (Å²) < 4.78 is 26.4. The molecule has 0 aromatic heterocycles. The molecule has 4 bridgehead atoms. The van der Waals surface area contributed by atoms with Gasteiger partial charge in [0.15, 0.2) is 19.8 Å². The van der Waals surface area contributed by atoms with Gasteiger partial charge in [0.25, 0.3) is 0 Å². The molecule has 43 heavy (non-hydrogen) atoms. The Bertz CT molecular complexity index is 1150. The lowest BCUT2D eigenvalue weighted by molar-refractivity contribution is -0.164. The van der Waals surface area contributed by atoms with Crippen molar-refractivity contribution >= 4 is 8.32 Å². The van der Waals surface area contributed by atoms with E-state index < -0.39 is 8.32 Å². The van der Waals surface area contributed by atoms with E-state index in [0.717, 1.165) is 36.8 Å². The molecule has 3 rings (SSSR count). The van der Waals surface area contributed by atoms with Gasteiger partial charge in [0.2, 0.25) is 0 Å². The fourth-order valence-electron chi connectivity index (χ4n) is 6.85. The van der Waals surface area contributed by atoms with E-state index in [1.807, 2.05) is 13.0 Å². The van der Waals surface area contributed by atoms with Crippen molar-refractivity contribution in [1.82, 2.24) is 0 Å². The summed E-state index contributed by atoms with van der Waals surface area (Å²) in [5.41, 5.74) is 4.03. The molecule has 1 saturated heterocycles. The first kappa shape index (κ1) is 35.7. The molecule has 1 aromatic carbocycles. The van der Waals surface area contributed by atoms with Crippen molar-refractivity contribution in [2.75, 3.05) is 13.7 Å². The predicted molar refractivity (Wildman–Crippen MR) is 182 cm³/mol. The standard InChI is InChI=1S/C37H62O5Si/c1-22-15-16-31-27(6)34(42-43(13,14)37(9,10)11)29(8)35(41-31)30-20-32(28(7)36(39-12)33(30)38)40-21-26(5)25(4)19-24(3)18-23(2)17-22/h17,20,22,24-25,27,29,31,34-35,38H,5,15-16,18-19,21H2,1-4,6-14H3/b23-17+/t22-,24+,25-,27-,29+,31+,34-,35+/m0/s1. The van der Waals surface area contributed by atoms with E-state index in [1.165, 1.54) is 5.57 Å². The lowest BCUT2D eigenvalue weighted by Crippen LogP contribution is -2.53. The van der Waals surface area contributed by atoms with E-state index >= 15 is 0 Å². The Balaban J connectivity index is 2.13. The zero-order valence-electron chi connectivity index (χ0n) is 29.6. The van der Waals surface area contributed by atoms with Gasteiger partial charge in [0, 0.05) is 23.0 Å². The Labute approximate surface area is 264 Å². The first-order valence-electron chi connectivity index (χ1n) is 16.6. The molecule has 0 saturated carbocycles. The highest BCUT2D eigenvalue weighted by atomic mass is 28.4. The summed E-state index contributed by atoms with van der Waals surface area (Å²) >= 11 is 0. The number of hydrogen-bond donors (Lipinski definition) is 1. The van der Waals surface area contributed by atoms with Gasteiger partial charge in [-0.2, -0.15) is 0 Å². The molecule has 2 heterocycles. The van der Waals surface area contributed by atoms with Crippen LogP contribution in [-0.4, -0.2) is 39.3 Å². The molecule has 6 heteroatoms. The van der Waals surface area contributed by atoms with Crippen LogP contribution in [0.1, 0.15) is 105 Å². The number of allylic oxidation sites excluding steroid dienone is 2. The minimum atomic E-state index is -2.08. The molecule has 0 aliphatic carbocycles. The molecular weight excluding hydrogens is 552 g/mol. The number of phenols is 1. The smallest absolute Gasteiger partial charge is 0.192 e. The van der Waals surface area contributed by atoms with Gasteiger partial charge in [0.05, 0.1) is 25.4 Å². The number of rotatable bonds is 3. The highest BCUT2D eigenvalue weighted by Gasteiger charge is 2.48. The number of hydrogen-bond acceptors (Lipinski definition) is 5. The van der Waals surface area contributed by atoms with Crippen molar-refractivity contribution in [3.8, 4) is 17.2 Å². The summed E-state index contributed by atoms with van der Waals surface area (Å²) in [5, 5.41) is 11.7. The Kier molecular flexibility index (Phi) is 11.7. The average molecular weight is 615 g/mol. The molecule has 2 aliphatic heterocycles. The van der Waals surface area contributed by atoms with Crippen molar-refractivity contribution in [3.05, 3.63) is 41.0 Å². The van der Waals surface area contributed by atoms with Crippen LogP contribution >= 0.6 is 0 Å². The Morgan fingerprint density at radius 3 is 2.28 bits per heavy atom. The first-order valence-corrected chi connectivity index (χ1v) is 19.5. The van der Waals surface area contributed by atoms with Gasteiger partial charge in [-0.05, 0) is 87.1 Å². The lowest BCUT2D eigenvalue weighted by atomic mass is 9.78. The highest BCUT2D eigenvalue weighted by molar-refractivity contribution is 6.74. The quantitative estimate of drug-likeness (QED) is 0.271. The zero-order chi connectivity index (χ0) is 32.4. The summed E-state index contributed by atoms with van der Waals surface area (Å²) in [7, 11) is -0.478. The molecule has 5 nitrogen and oxygen atoms in total. The third-order valence-electron chi connectivity index (χ3n) is 10.7. The van der Waals surface area contributed by atoms with Crippen molar-refractivity contribution in [2.24, 2.45) is 29.6 Å². The predicted octanol–water partition coefficient (Wildman–Crippen LogP) is 10.2. The van der Waals surface area contributed by atoms with Gasteiger partial charge < -0.3 is 23.7 Å². The maximum atomic E-state index is 11.6. The molecule has 0 amide bonds. The number of ether oxygens (including phenoxy) is 3. The number of aromatic hydroxyl groups is 1. The second kappa shape index (κ2) is 14.1. The fourth-order valence-corrected chi connectivity index (χ4v) is 8.32. The number of benzene rings is 1. The molecule has 8 atom stereocenters. The van der Waals surface area contributed by atoms with Crippen LogP contribution in [0.3, 0.4) is 0 Å². The first-order chi connectivity index (χ1) is 19.9. The van der Waals surface area contributed by atoms with Gasteiger partial charge in [0.1, 0.15) is 12.4 Å². The van der Waals surface area contributed by atoms with Gasteiger partial charge in [-0.15, -0.1) is 0 Å². The molecular formula is C37H62O5Si. The van der Waals surface area contributed by atoms with Crippen LogP contribution in [0.4, 0.5) is 0 Å². The average Bonchev–Trinajstić information content (AvgIpc) is 2.89. The summed E-state index contributed by atoms with van der Waals surface area (Å²) in [6.07, 6.45) is 6.25. The molecule has 0 radical (unpaired) electrons. The van der Waals surface area contributed by atoms with Gasteiger partial charge in [-0.3, -0.25) is 0 Å². The summed E-state index contributed by atoms with van der Waals surface area (Å²) in [6, 6.07) is 1.98. The fraction of sp³-hybridized carbons (Fsp3) is 0.730. The van der Waals surface area contributed by atoms with Crippen LogP contribution in [0, 0.1) is 36.5 Å². The monoisotopic (exact) mass is 614 g/mol. The topological polar surface area (TPSA) is 57.2 Å². The minimum absolute atomic E-state index is 0.000338. The van der Waals surface area contributed by atoms with Crippen molar-refractivity contribution in [1.29, 1.82) is 0 Å². The lowest BCUT2D eigenvalue weighted by Gasteiger charge is -2.50. The van der Waals surface area contributed by atoms with Crippen molar-refractivity contribution < 1.29 is 23.7 Å². The SMILES string of the molecule is C=C1COc2cc(c(O)c(OC)c2C)[C@@H]2O[C@H](CC[C@H](C)/C=C(\C)C[C@@H](C)C[C@@H]1C)[C@H](C)[C@H](O[Si](C)(C)C(C)(C)C)[C@H]2C. The Morgan fingerprint density at radius 1 is 1.02 bits per heavy atom. The number of fused-ring (bicyclic) bond motifs is 5. The zero-order valence-corrected chi connectivity index (χ0v) is 30.6. The molecule has 1 N–H and O–H groups in total. The third kappa shape index (κ3) is 8.29. The molecule has 1 fully saturated rings. The van der Waals surface area contributed by atoms with Crippen LogP contribution in [-0.2, 0) is 9.16 Å². The summed E-state index contributed by atoms with van der Waals surface area (Å²) in [6.45, 7) is 32.0. The normalized spacial score (nSPS) is 33.0. The second-order valence-corrected chi connectivity index (χ2v) is 20.3. The maximum Gasteiger partial charge on any atom is 0.192 e. The summed E-state index contributed by atoms with van der Waals surface area (Å²) in [5.74, 6) is 2.88. The second-order valence-electron chi connectivity index (χ2n) is 15.6. The molecule has 2 aliphatic rings. The van der Waals surface area contributed by atoms with Crippen molar-refractivity contribution in [2.45, 2.75) is 131 Å². The van der Waals surface area contributed by atoms with E-state index in [4.69, 9.17) is 18.6 Å². The third-order valence-corrected chi connectivity index (χ3v) is 15.1. The number of methoxy groups -OCH3 is 1. The van der Waals surface area contributed by atoms with Crippen LogP contribution in [0.15, 0.2) is 29.9 Å². The minimum Gasteiger partial charge on any atom is -0.504 e. The maximum absolute atomic E-state index is 11.6. The molecule has 0 spiro atoms. The Hall–Kier alpha value is -1.76. The van der Waals surface area contributed by atoms with Crippen LogP contribution in [0.2, 0.25) is 18.1 Å². The van der Waals surface area contributed by atoms with E-state index in [-0.39, 0.29) is 40.9 Å². The van der Waals surface area contributed by atoms with Gasteiger partial charge >= 0.3 is 0 Å². The highest BCUT2D eigenvalue weighted by Crippen LogP contribution is 2.51. The van der Waals surface area contributed by atoms with Gasteiger partial charge in [-0.25, -0.2) is 0 Å². The van der Waals surface area contributed by atoms with E-state index in [9.17, 15) is 5.11 Å². The van der Waals surface area contributed by atoms with Crippen LogP contribution < -0.4 is 9.47 Å². The molecule has 1 aromatic rings. The summed E-state index contributed by atoms with van der Waals surface area (Å²) in [4.78, 5) is 0. The van der Waals surface area contributed by atoms with Crippen LogP contribution in [0.25, 0.3) is 0 Å². The van der Waals surface area contributed by atoms with Crippen molar-refractivity contribution in [3.63, 3.8) is 0 Å². The largest absolute Gasteiger partial charge is 0.504 e. The molecule has 0 unspecified atom stereocenters.